The molecule has 0 saturated heterocycles. The molecule has 0 aliphatic rings. The van der Waals surface area contributed by atoms with E-state index in [0.29, 0.717) is 0 Å². The molecule has 0 N–H and O–H groups in total. The van der Waals surface area contributed by atoms with Gasteiger partial charge in [0.2, 0.25) is 0 Å². The van der Waals surface area contributed by atoms with E-state index in [1.54, 1.807) is 6.92 Å². The fraction of sp³-hybridized carbons (Fsp3) is 0.0556. The second-order valence-corrected chi connectivity index (χ2v) is 4.70. The second-order valence-electron chi connectivity index (χ2n) is 4.70. The second kappa shape index (κ2) is 5.17. The normalized spacial score (nSPS) is 11.2. The van der Waals surface area contributed by atoms with Gasteiger partial charge in [-0.3, -0.25) is 4.79 Å². The molecule has 0 amide bonds. The van der Waals surface area contributed by atoms with Crippen molar-refractivity contribution in [3.05, 3.63) is 71.5 Å². The van der Waals surface area contributed by atoms with Crippen LogP contribution in [0.1, 0.15) is 28.6 Å². The van der Waals surface area contributed by atoms with E-state index >= 15 is 0 Å². The quantitative estimate of drug-likeness (QED) is 0.634. The lowest BCUT2D eigenvalue weighted by Crippen LogP contribution is -1.91. The van der Waals surface area contributed by atoms with Gasteiger partial charge >= 0.3 is 0 Å². The average Bonchev–Trinajstić information content (AvgIpc) is 2.88. The molecule has 3 rings (SSSR count). The van der Waals surface area contributed by atoms with Crippen molar-refractivity contribution in [3.63, 3.8) is 0 Å². The Morgan fingerprint density at radius 2 is 1.85 bits per heavy atom. The number of fused-ring (bicyclic) bond motifs is 1. The predicted molar refractivity (Wildman–Crippen MR) is 81.6 cm³/mol. The van der Waals surface area contributed by atoms with Gasteiger partial charge in [-0.05, 0) is 36.8 Å². The van der Waals surface area contributed by atoms with Crippen LogP contribution in [0.15, 0.2) is 59.0 Å². The number of hydrogen-bond donors (Lipinski definition) is 0. The highest BCUT2D eigenvalue weighted by atomic mass is 16.3. The summed E-state index contributed by atoms with van der Waals surface area (Å²) in [5.74, 6) is 0.878. The first kappa shape index (κ1) is 12.4. The summed E-state index contributed by atoms with van der Waals surface area (Å²) in [6, 6.07) is 17.5. The number of carbonyl (C=O) groups excluding carboxylic acids is 1. The third-order valence-electron chi connectivity index (χ3n) is 3.18. The van der Waals surface area contributed by atoms with Gasteiger partial charge in [-0.2, -0.15) is 0 Å². The molecular weight excluding hydrogens is 248 g/mol. The third-order valence-corrected chi connectivity index (χ3v) is 3.18. The summed E-state index contributed by atoms with van der Waals surface area (Å²) in [6.07, 6.45) is 3.86. The molecule has 2 nitrogen and oxygen atoms in total. The Morgan fingerprint density at radius 1 is 1.00 bits per heavy atom. The van der Waals surface area contributed by atoms with E-state index < -0.39 is 0 Å². The molecule has 0 aliphatic carbocycles. The summed E-state index contributed by atoms with van der Waals surface area (Å²) in [4.78, 5) is 11.3. The Bertz CT molecular complexity index is 761. The van der Waals surface area contributed by atoms with Crippen LogP contribution < -0.4 is 0 Å². The summed E-state index contributed by atoms with van der Waals surface area (Å²) in [5, 5.41) is 1.09. The highest BCUT2D eigenvalue weighted by Gasteiger charge is 2.00. The number of hydrogen-bond acceptors (Lipinski definition) is 2. The zero-order valence-electron chi connectivity index (χ0n) is 11.2. The minimum absolute atomic E-state index is 0.0731. The zero-order valence-corrected chi connectivity index (χ0v) is 11.2. The zero-order chi connectivity index (χ0) is 13.9. The molecule has 0 bridgehead atoms. The van der Waals surface area contributed by atoms with Gasteiger partial charge < -0.3 is 4.42 Å². The lowest BCUT2D eigenvalue weighted by Gasteiger charge is -1.97. The number of Topliss-reactive ketones (excluding diaryl/α,β-unsaturated/α-hetero) is 1. The molecule has 3 aromatic rings. The van der Waals surface area contributed by atoms with Gasteiger partial charge in [0.05, 0.1) is 0 Å². The van der Waals surface area contributed by atoms with Crippen LogP contribution in [0.3, 0.4) is 0 Å². The molecule has 20 heavy (non-hydrogen) atoms. The van der Waals surface area contributed by atoms with Gasteiger partial charge in [0.15, 0.2) is 5.78 Å². The summed E-state index contributed by atoms with van der Waals surface area (Å²) in [6.45, 7) is 1.57. The number of carbonyl (C=O) groups is 1. The molecule has 0 aliphatic heterocycles. The van der Waals surface area contributed by atoms with E-state index in [9.17, 15) is 4.79 Å². The minimum Gasteiger partial charge on any atom is -0.457 e. The molecule has 2 heteroatoms. The van der Waals surface area contributed by atoms with Crippen molar-refractivity contribution < 1.29 is 9.21 Å². The van der Waals surface area contributed by atoms with Crippen LogP contribution in [0, 0.1) is 0 Å². The van der Waals surface area contributed by atoms with E-state index in [-0.39, 0.29) is 5.78 Å². The van der Waals surface area contributed by atoms with E-state index in [0.717, 1.165) is 27.9 Å². The monoisotopic (exact) mass is 262 g/mol. The maximum atomic E-state index is 11.3. The standard InChI is InChI=1S/C18H14O2/c1-13(19)15-7-4-5-14(11-15)9-10-17-12-16-6-2-3-8-18(16)20-17/h2-12H,1H3. The van der Waals surface area contributed by atoms with Crippen molar-refractivity contribution in [1.82, 2.24) is 0 Å². The molecule has 0 fully saturated rings. The molecule has 0 radical (unpaired) electrons. The first-order valence-corrected chi connectivity index (χ1v) is 6.50. The molecule has 1 aromatic heterocycles. The number of furan rings is 1. The summed E-state index contributed by atoms with van der Waals surface area (Å²) >= 11 is 0. The summed E-state index contributed by atoms with van der Waals surface area (Å²) in [7, 11) is 0. The first-order chi connectivity index (χ1) is 9.72. The lowest BCUT2D eigenvalue weighted by molar-refractivity contribution is 0.101. The maximum absolute atomic E-state index is 11.3. The maximum Gasteiger partial charge on any atom is 0.159 e. The number of ketones is 1. The molecule has 0 saturated carbocycles. The van der Waals surface area contributed by atoms with Crippen molar-refractivity contribution in [3.8, 4) is 0 Å². The highest BCUT2D eigenvalue weighted by molar-refractivity contribution is 5.94. The topological polar surface area (TPSA) is 30.2 Å². The van der Waals surface area contributed by atoms with Crippen molar-refractivity contribution in [2.45, 2.75) is 6.92 Å². The largest absolute Gasteiger partial charge is 0.457 e. The molecule has 0 unspecified atom stereocenters. The molecule has 0 spiro atoms. The highest BCUT2D eigenvalue weighted by Crippen LogP contribution is 2.20. The average molecular weight is 262 g/mol. The van der Waals surface area contributed by atoms with E-state index in [2.05, 4.69) is 0 Å². The molecule has 1 heterocycles. The number of benzene rings is 2. The van der Waals surface area contributed by atoms with Gasteiger partial charge in [-0.1, -0.05) is 42.5 Å². The van der Waals surface area contributed by atoms with Crippen LogP contribution in [0.5, 0.6) is 0 Å². The van der Waals surface area contributed by atoms with Gasteiger partial charge in [0.25, 0.3) is 0 Å². The van der Waals surface area contributed by atoms with Gasteiger partial charge in [0, 0.05) is 10.9 Å². The van der Waals surface area contributed by atoms with Gasteiger partial charge in [-0.15, -0.1) is 0 Å². The van der Waals surface area contributed by atoms with E-state index in [1.165, 1.54) is 0 Å². The van der Waals surface area contributed by atoms with Crippen LogP contribution in [-0.2, 0) is 0 Å². The fourth-order valence-corrected chi connectivity index (χ4v) is 2.12. The third kappa shape index (κ3) is 2.54. The number of para-hydroxylation sites is 1. The molecule has 98 valence electrons. The smallest absolute Gasteiger partial charge is 0.159 e. The van der Waals surface area contributed by atoms with Crippen LogP contribution in [0.25, 0.3) is 23.1 Å². The SMILES string of the molecule is CC(=O)c1cccc(C=Cc2cc3ccccc3o2)c1. The molecule has 2 aromatic carbocycles. The molecule has 0 atom stereocenters. The Balaban J connectivity index is 1.89. The van der Waals surface area contributed by atoms with Gasteiger partial charge in [0.1, 0.15) is 11.3 Å². The first-order valence-electron chi connectivity index (χ1n) is 6.50. The minimum atomic E-state index is 0.0731. The van der Waals surface area contributed by atoms with Crippen molar-refractivity contribution >= 4 is 28.9 Å². The van der Waals surface area contributed by atoms with E-state index in [1.807, 2.05) is 66.7 Å². The van der Waals surface area contributed by atoms with Crippen molar-refractivity contribution in [1.29, 1.82) is 0 Å². The van der Waals surface area contributed by atoms with Crippen LogP contribution in [-0.4, -0.2) is 5.78 Å². The van der Waals surface area contributed by atoms with E-state index in [4.69, 9.17) is 4.42 Å². The van der Waals surface area contributed by atoms with Gasteiger partial charge in [-0.25, -0.2) is 0 Å². The Morgan fingerprint density at radius 3 is 2.65 bits per heavy atom. The summed E-state index contributed by atoms with van der Waals surface area (Å²) in [5.41, 5.74) is 2.58. The predicted octanol–water partition coefficient (Wildman–Crippen LogP) is 4.81. The van der Waals surface area contributed by atoms with Crippen molar-refractivity contribution in [2.75, 3.05) is 0 Å². The van der Waals surface area contributed by atoms with Crippen molar-refractivity contribution in [2.24, 2.45) is 0 Å². The fourth-order valence-electron chi connectivity index (χ4n) is 2.12. The Kier molecular flexibility index (Phi) is 3.21. The summed E-state index contributed by atoms with van der Waals surface area (Å²) < 4.78 is 5.71. The number of rotatable bonds is 3. The Labute approximate surface area is 117 Å². The Hall–Kier alpha value is -2.61. The van der Waals surface area contributed by atoms with Crippen LogP contribution in [0.4, 0.5) is 0 Å². The molecular formula is C18H14O2. The lowest BCUT2D eigenvalue weighted by atomic mass is 10.1. The van der Waals surface area contributed by atoms with Crippen LogP contribution >= 0.6 is 0 Å². The van der Waals surface area contributed by atoms with Crippen LogP contribution in [0.2, 0.25) is 0 Å².